The monoisotopic (exact) mass is 191 g/mol. The third kappa shape index (κ3) is 1.73. The van der Waals surface area contributed by atoms with E-state index in [1.807, 2.05) is 6.07 Å². The van der Waals surface area contributed by atoms with Crippen molar-refractivity contribution in [3.8, 4) is 0 Å². The van der Waals surface area contributed by atoms with E-state index in [4.69, 9.17) is 12.2 Å². The minimum Gasteiger partial charge on any atom is -0.373 e. The molecule has 0 amide bonds. The Balaban J connectivity index is 2.40. The average Bonchev–Trinajstić information content (AvgIpc) is 2.27. The zero-order chi connectivity index (χ0) is 9.26. The smallest absolute Gasteiger partial charge is 0.107 e. The number of rotatable bonds is 0. The van der Waals surface area contributed by atoms with Gasteiger partial charge in [-0.15, -0.1) is 0 Å². The molecule has 0 saturated carbocycles. The van der Waals surface area contributed by atoms with Crippen LogP contribution in [-0.4, -0.2) is 11.0 Å². The van der Waals surface area contributed by atoms with E-state index in [-0.39, 0.29) is 0 Å². The summed E-state index contributed by atoms with van der Waals surface area (Å²) < 4.78 is 0. The maximum absolute atomic E-state index is 5.31. The van der Waals surface area contributed by atoms with Crippen molar-refractivity contribution in [1.29, 1.82) is 0 Å². The molecule has 1 N–H and O–H groups in total. The highest BCUT2D eigenvalue weighted by Crippen LogP contribution is 2.16. The molecule has 0 fully saturated rings. The molecule has 1 nitrogen and oxygen atoms in total. The van der Waals surface area contributed by atoms with Gasteiger partial charge in [0.05, 0.1) is 0 Å². The van der Waals surface area contributed by atoms with Crippen LogP contribution in [0.5, 0.6) is 0 Å². The second kappa shape index (κ2) is 3.46. The Hall–Kier alpha value is -0.890. The van der Waals surface area contributed by atoms with Crippen LogP contribution < -0.4 is 5.32 Å². The molecule has 2 rings (SSSR count). The zero-order valence-corrected chi connectivity index (χ0v) is 8.53. The lowest BCUT2D eigenvalue weighted by molar-refractivity contribution is 0.620. The van der Waals surface area contributed by atoms with Crippen molar-refractivity contribution in [3.05, 3.63) is 35.4 Å². The predicted molar refractivity (Wildman–Crippen MR) is 59.1 cm³/mol. The van der Waals surface area contributed by atoms with Crippen LogP contribution in [0.4, 0.5) is 0 Å². The number of aryl methyl sites for hydroxylation is 1. The van der Waals surface area contributed by atoms with Crippen molar-refractivity contribution in [2.24, 2.45) is 0 Å². The lowest BCUT2D eigenvalue weighted by Crippen LogP contribution is -2.29. The Morgan fingerprint density at radius 3 is 3.00 bits per heavy atom. The summed E-state index contributed by atoms with van der Waals surface area (Å²) >= 11 is 5.31. The van der Waals surface area contributed by atoms with Crippen molar-refractivity contribution in [2.75, 3.05) is 0 Å². The molecule has 1 heterocycles. The lowest BCUT2D eigenvalue weighted by atomic mass is 10.0. The van der Waals surface area contributed by atoms with Crippen LogP contribution in [0.3, 0.4) is 0 Å². The summed E-state index contributed by atoms with van der Waals surface area (Å²) in [6, 6.07) is 8.89. The maximum atomic E-state index is 5.31. The normalized spacial score (nSPS) is 21.6. The number of hydrogen-bond donors (Lipinski definition) is 1. The molecule has 1 unspecified atom stereocenters. The molecule has 0 radical (unpaired) electrons. The quantitative estimate of drug-likeness (QED) is 0.631. The number of fused-ring (bicyclic) bond motifs is 1. The largest absolute Gasteiger partial charge is 0.373 e. The molecule has 0 aromatic heterocycles. The fourth-order valence-corrected chi connectivity index (χ4v) is 2.11. The Labute approximate surface area is 84.2 Å². The van der Waals surface area contributed by atoms with Gasteiger partial charge in [-0.2, -0.15) is 0 Å². The van der Waals surface area contributed by atoms with Crippen LogP contribution in [-0.2, 0) is 6.42 Å². The molecule has 1 aromatic carbocycles. The van der Waals surface area contributed by atoms with Crippen molar-refractivity contribution >= 4 is 17.2 Å². The van der Waals surface area contributed by atoms with E-state index in [9.17, 15) is 0 Å². The number of thiocarbonyl (C=S) groups is 1. The summed E-state index contributed by atoms with van der Waals surface area (Å²) in [6.07, 6.45) is 2.29. The maximum Gasteiger partial charge on any atom is 0.107 e. The van der Waals surface area contributed by atoms with Crippen LogP contribution in [0.2, 0.25) is 0 Å². The molecule has 13 heavy (non-hydrogen) atoms. The highest BCUT2D eigenvalue weighted by molar-refractivity contribution is 7.80. The molecule has 1 atom stereocenters. The summed E-state index contributed by atoms with van der Waals surface area (Å²) in [5.41, 5.74) is 2.59. The summed E-state index contributed by atoms with van der Waals surface area (Å²) in [6.45, 7) is 2.18. The Kier molecular flexibility index (Phi) is 2.32. The summed E-state index contributed by atoms with van der Waals surface area (Å²) in [4.78, 5) is 0.903. The molecule has 0 saturated heterocycles. The van der Waals surface area contributed by atoms with Gasteiger partial charge in [0.15, 0.2) is 0 Å². The minimum atomic E-state index is 0.500. The molecule has 1 aromatic rings. The fourth-order valence-electron chi connectivity index (χ4n) is 1.71. The predicted octanol–water partition coefficient (Wildman–Crippen LogP) is 2.29. The van der Waals surface area contributed by atoms with Crippen LogP contribution in [0, 0.1) is 0 Å². The van der Waals surface area contributed by atoms with Gasteiger partial charge in [0, 0.05) is 11.6 Å². The molecule has 0 aliphatic carbocycles. The minimum absolute atomic E-state index is 0.500. The van der Waals surface area contributed by atoms with Gasteiger partial charge in [-0.3, -0.25) is 0 Å². The molecule has 0 spiro atoms. The summed E-state index contributed by atoms with van der Waals surface area (Å²) in [5, 5.41) is 3.33. The lowest BCUT2D eigenvalue weighted by Gasteiger charge is -2.10. The van der Waals surface area contributed by atoms with Gasteiger partial charge >= 0.3 is 0 Å². The topological polar surface area (TPSA) is 12.0 Å². The first-order valence-corrected chi connectivity index (χ1v) is 5.07. The number of nitrogens with one attached hydrogen (secondary N) is 1. The average molecular weight is 191 g/mol. The highest BCUT2D eigenvalue weighted by atomic mass is 32.1. The molecular weight excluding hydrogens is 178 g/mol. The van der Waals surface area contributed by atoms with E-state index in [1.165, 1.54) is 11.1 Å². The van der Waals surface area contributed by atoms with E-state index in [0.29, 0.717) is 6.04 Å². The van der Waals surface area contributed by atoms with E-state index in [1.54, 1.807) is 0 Å². The first-order chi connectivity index (χ1) is 6.27. The first kappa shape index (κ1) is 8.70. The Morgan fingerprint density at radius 1 is 1.38 bits per heavy atom. The van der Waals surface area contributed by atoms with E-state index in [0.717, 1.165) is 17.8 Å². The second-order valence-corrected chi connectivity index (χ2v) is 3.98. The van der Waals surface area contributed by atoms with E-state index in [2.05, 4.69) is 30.4 Å². The molecule has 1 aliphatic heterocycles. The van der Waals surface area contributed by atoms with Gasteiger partial charge in [-0.1, -0.05) is 36.5 Å². The van der Waals surface area contributed by atoms with Crippen LogP contribution >= 0.6 is 12.2 Å². The SMILES string of the molecule is CC1CCc2ccccc2C(=S)N1. The number of benzene rings is 1. The summed E-state index contributed by atoms with van der Waals surface area (Å²) in [5.74, 6) is 0. The second-order valence-electron chi connectivity index (χ2n) is 3.57. The van der Waals surface area contributed by atoms with E-state index < -0.39 is 0 Å². The van der Waals surface area contributed by atoms with Crippen LogP contribution in [0.1, 0.15) is 24.5 Å². The standard InChI is InChI=1S/C11H13NS/c1-8-6-7-9-4-2-3-5-10(9)11(13)12-8/h2-5,8H,6-7H2,1H3,(H,12,13). The van der Waals surface area contributed by atoms with Gasteiger partial charge in [-0.25, -0.2) is 0 Å². The van der Waals surface area contributed by atoms with Gasteiger partial charge in [-0.05, 0) is 25.3 Å². The molecule has 68 valence electrons. The third-order valence-corrected chi connectivity index (χ3v) is 2.82. The van der Waals surface area contributed by atoms with Crippen LogP contribution in [0.25, 0.3) is 0 Å². The molecular formula is C11H13NS. The van der Waals surface area contributed by atoms with Gasteiger partial charge in [0.1, 0.15) is 4.99 Å². The summed E-state index contributed by atoms with van der Waals surface area (Å²) in [7, 11) is 0. The van der Waals surface area contributed by atoms with Crippen molar-refractivity contribution in [2.45, 2.75) is 25.8 Å². The molecule has 0 bridgehead atoms. The third-order valence-electron chi connectivity index (χ3n) is 2.49. The van der Waals surface area contributed by atoms with Crippen LogP contribution in [0.15, 0.2) is 24.3 Å². The number of hydrogen-bond acceptors (Lipinski definition) is 1. The van der Waals surface area contributed by atoms with E-state index >= 15 is 0 Å². The van der Waals surface area contributed by atoms with Gasteiger partial charge in [0.2, 0.25) is 0 Å². The molecule has 2 heteroatoms. The molecule has 1 aliphatic rings. The van der Waals surface area contributed by atoms with Crippen molar-refractivity contribution < 1.29 is 0 Å². The van der Waals surface area contributed by atoms with Gasteiger partial charge in [0.25, 0.3) is 0 Å². The van der Waals surface area contributed by atoms with Crippen molar-refractivity contribution in [3.63, 3.8) is 0 Å². The zero-order valence-electron chi connectivity index (χ0n) is 7.71. The Bertz CT molecular complexity index is 333. The fraction of sp³-hybridized carbons (Fsp3) is 0.364. The van der Waals surface area contributed by atoms with Crippen molar-refractivity contribution in [1.82, 2.24) is 5.32 Å². The van der Waals surface area contributed by atoms with Gasteiger partial charge < -0.3 is 5.32 Å². The Morgan fingerprint density at radius 2 is 2.15 bits per heavy atom. The first-order valence-electron chi connectivity index (χ1n) is 4.66. The highest BCUT2D eigenvalue weighted by Gasteiger charge is 2.14.